The van der Waals surface area contributed by atoms with Gasteiger partial charge in [-0.15, -0.1) is 0 Å². The van der Waals surface area contributed by atoms with Crippen LogP contribution in [0.1, 0.15) is 72.9 Å². The predicted octanol–water partition coefficient (Wildman–Crippen LogP) is -0.515. The SMILES string of the molecule is CC(C)[C@H](NC(=O)[C@H](CC(=O)O)NC(=O)[C@H](Cc1ccc(N)cc1)NC(=O)[C@@H](C)NC(=O)[C@H](Cc1ccc(O)cc1)NC(=O)OC(C)(C)C)C(=O)N[C@H](C(=O)NCC(N)=O)C(C)C. The normalized spacial score (nSPS) is 14.1. The molecule has 2 aromatic carbocycles. The van der Waals surface area contributed by atoms with Gasteiger partial charge >= 0.3 is 12.1 Å². The van der Waals surface area contributed by atoms with Gasteiger partial charge in [0.1, 0.15) is 47.6 Å². The van der Waals surface area contributed by atoms with Crippen LogP contribution < -0.4 is 48.7 Å². The number of rotatable bonds is 22. The highest BCUT2D eigenvalue weighted by molar-refractivity contribution is 5.98. The van der Waals surface area contributed by atoms with Crippen molar-refractivity contribution in [1.82, 2.24) is 37.2 Å². The third kappa shape index (κ3) is 18.7. The number of anilines is 1. The van der Waals surface area contributed by atoms with Crippen molar-refractivity contribution < 1.29 is 58.1 Å². The summed E-state index contributed by atoms with van der Waals surface area (Å²) in [7, 11) is 0. The van der Waals surface area contributed by atoms with Crippen molar-refractivity contribution in [2.75, 3.05) is 12.3 Å². The van der Waals surface area contributed by atoms with E-state index < -0.39 is 120 Å². The Kier molecular flexibility index (Phi) is 19.8. The Labute approximate surface area is 365 Å². The molecule has 21 nitrogen and oxygen atoms in total. The van der Waals surface area contributed by atoms with E-state index in [1.165, 1.54) is 31.2 Å². The fourth-order valence-corrected chi connectivity index (χ4v) is 5.81. The number of carbonyl (C=O) groups excluding carboxylic acids is 8. The predicted molar refractivity (Wildman–Crippen MR) is 229 cm³/mol. The van der Waals surface area contributed by atoms with Crippen LogP contribution in [0.3, 0.4) is 0 Å². The Morgan fingerprint density at radius 1 is 0.603 bits per heavy atom. The van der Waals surface area contributed by atoms with E-state index in [4.69, 9.17) is 16.2 Å². The van der Waals surface area contributed by atoms with Gasteiger partial charge in [0, 0.05) is 18.5 Å². The van der Waals surface area contributed by atoms with Crippen LogP contribution in [-0.4, -0.2) is 112 Å². The van der Waals surface area contributed by atoms with Crippen LogP contribution in [0.15, 0.2) is 48.5 Å². The van der Waals surface area contributed by atoms with Gasteiger partial charge in [-0.1, -0.05) is 52.0 Å². The molecule has 2 aromatic rings. The molecule has 0 fully saturated rings. The van der Waals surface area contributed by atoms with Crippen molar-refractivity contribution in [2.45, 2.75) is 117 Å². The minimum Gasteiger partial charge on any atom is -0.508 e. The lowest BCUT2D eigenvalue weighted by atomic mass is 9.99. The number of nitrogen functional groups attached to an aromatic ring is 1. The molecular formula is C42H61N9O12. The Morgan fingerprint density at radius 2 is 1.05 bits per heavy atom. The Morgan fingerprint density at radius 3 is 1.54 bits per heavy atom. The zero-order valence-electron chi connectivity index (χ0n) is 36.7. The third-order valence-corrected chi connectivity index (χ3v) is 9.13. The van der Waals surface area contributed by atoms with Crippen LogP contribution in [-0.2, 0) is 55.9 Å². The van der Waals surface area contributed by atoms with Crippen molar-refractivity contribution in [3.63, 3.8) is 0 Å². The number of phenols is 1. The number of carboxylic acids is 1. The van der Waals surface area contributed by atoms with E-state index in [1.54, 1.807) is 72.7 Å². The molecule has 0 saturated heterocycles. The van der Waals surface area contributed by atoms with Crippen LogP contribution in [0, 0.1) is 11.8 Å². The number of carboxylic acid groups (broad SMARTS) is 1. The number of amides is 8. The summed E-state index contributed by atoms with van der Waals surface area (Å²) in [6.45, 7) is 12.1. The topological polar surface area (TPSA) is 340 Å². The zero-order valence-corrected chi connectivity index (χ0v) is 36.7. The van der Waals surface area contributed by atoms with Gasteiger partial charge in [-0.05, 0) is 74.9 Å². The quantitative estimate of drug-likeness (QED) is 0.0665. The number of aromatic hydroxyl groups is 1. The summed E-state index contributed by atoms with van der Waals surface area (Å²) in [4.78, 5) is 117. The number of nitrogens with two attached hydrogens (primary N) is 2. The summed E-state index contributed by atoms with van der Waals surface area (Å²) >= 11 is 0. The Bertz CT molecular complexity index is 1950. The fourth-order valence-electron chi connectivity index (χ4n) is 5.81. The molecule has 63 heavy (non-hydrogen) atoms. The lowest BCUT2D eigenvalue weighted by molar-refractivity contribution is -0.141. The first-order valence-electron chi connectivity index (χ1n) is 20.2. The molecule has 0 aromatic heterocycles. The minimum atomic E-state index is -1.79. The molecular weight excluding hydrogens is 823 g/mol. The lowest BCUT2D eigenvalue weighted by Crippen LogP contribution is -2.61. The molecule has 0 heterocycles. The molecule has 0 aliphatic carbocycles. The number of ether oxygens (including phenoxy) is 1. The first-order valence-corrected chi connectivity index (χ1v) is 20.2. The highest BCUT2D eigenvalue weighted by Crippen LogP contribution is 2.14. The van der Waals surface area contributed by atoms with Crippen LogP contribution in [0.5, 0.6) is 5.75 Å². The van der Waals surface area contributed by atoms with E-state index in [-0.39, 0.29) is 18.6 Å². The van der Waals surface area contributed by atoms with Crippen LogP contribution in [0.4, 0.5) is 10.5 Å². The second-order valence-corrected chi connectivity index (χ2v) is 16.6. The van der Waals surface area contributed by atoms with Crippen molar-refractivity contribution >= 4 is 59.1 Å². The van der Waals surface area contributed by atoms with Gasteiger partial charge in [0.25, 0.3) is 0 Å². The van der Waals surface area contributed by atoms with E-state index >= 15 is 0 Å². The van der Waals surface area contributed by atoms with Gasteiger partial charge in [0.2, 0.25) is 41.4 Å². The first-order chi connectivity index (χ1) is 29.3. The van der Waals surface area contributed by atoms with E-state index in [0.717, 1.165) is 0 Å². The van der Waals surface area contributed by atoms with Crippen LogP contribution in [0.25, 0.3) is 0 Å². The highest BCUT2D eigenvalue weighted by atomic mass is 16.6. The van der Waals surface area contributed by atoms with Crippen LogP contribution in [0.2, 0.25) is 0 Å². The molecule has 2 rings (SSSR count). The molecule has 0 aliphatic rings. The third-order valence-electron chi connectivity index (χ3n) is 9.13. The van der Waals surface area contributed by atoms with Gasteiger partial charge < -0.3 is 63.6 Å². The number of nitrogens with one attached hydrogen (secondary N) is 7. The Hall–Kier alpha value is -6.93. The van der Waals surface area contributed by atoms with Gasteiger partial charge in [-0.25, -0.2) is 4.79 Å². The fraction of sp³-hybridized carbons (Fsp3) is 0.500. The molecule has 0 bridgehead atoms. The number of hydrogen-bond acceptors (Lipinski definition) is 12. The van der Waals surface area contributed by atoms with Crippen molar-refractivity contribution in [3.8, 4) is 5.75 Å². The average molecular weight is 884 g/mol. The van der Waals surface area contributed by atoms with Gasteiger partial charge in [-0.3, -0.25) is 38.4 Å². The van der Waals surface area contributed by atoms with Crippen molar-refractivity contribution in [2.24, 2.45) is 17.6 Å². The van der Waals surface area contributed by atoms with Crippen LogP contribution >= 0.6 is 0 Å². The molecule has 0 aliphatic heterocycles. The van der Waals surface area contributed by atoms with Crippen molar-refractivity contribution in [3.05, 3.63) is 59.7 Å². The van der Waals surface area contributed by atoms with Gasteiger partial charge in [0.15, 0.2) is 0 Å². The number of aliphatic carboxylic acids is 1. The molecule has 0 saturated carbocycles. The second-order valence-electron chi connectivity index (χ2n) is 16.6. The number of benzene rings is 2. The zero-order chi connectivity index (χ0) is 47.8. The molecule has 346 valence electrons. The summed E-state index contributed by atoms with van der Waals surface area (Å²) in [5, 5.41) is 36.7. The summed E-state index contributed by atoms with van der Waals surface area (Å²) in [6, 6.07) is 3.76. The molecule has 21 heteroatoms. The maximum atomic E-state index is 14.0. The average Bonchev–Trinajstić information content (AvgIpc) is 3.17. The maximum absolute atomic E-state index is 14.0. The Balaban J connectivity index is 2.35. The number of alkyl carbamates (subject to hydrolysis) is 1. The molecule has 13 N–H and O–H groups in total. The smallest absolute Gasteiger partial charge is 0.408 e. The molecule has 0 unspecified atom stereocenters. The largest absolute Gasteiger partial charge is 0.508 e. The van der Waals surface area contributed by atoms with Crippen molar-refractivity contribution in [1.29, 1.82) is 0 Å². The standard InChI is InChI=1S/C42H61N9O12/c1-21(2)33(39(60)45-20-31(44)53)51-40(61)34(22(3)4)50-38(59)30(19-32(54)55)48-37(58)28(17-24-9-13-26(43)14-10-24)47-35(56)23(5)46-36(57)29(49-41(62)63-42(6,7)8)18-25-11-15-27(52)16-12-25/h9-16,21-23,28-30,33-34,52H,17-20,43H2,1-8H3,(H2,44,53)(H,45,60)(H,46,57)(H,47,56)(H,48,58)(H,49,62)(H,50,59)(H,51,61)(H,54,55)/t23-,28+,29+,30+,33+,34+/m1/s1. The maximum Gasteiger partial charge on any atom is 0.408 e. The van der Waals surface area contributed by atoms with E-state index in [0.29, 0.717) is 16.8 Å². The molecule has 0 radical (unpaired) electrons. The minimum absolute atomic E-state index is 0.0252. The summed E-state index contributed by atoms with van der Waals surface area (Å²) < 4.78 is 5.32. The van der Waals surface area contributed by atoms with E-state index in [1.807, 2.05) is 0 Å². The number of carbonyl (C=O) groups is 9. The van der Waals surface area contributed by atoms with E-state index in [9.17, 15) is 53.4 Å². The van der Waals surface area contributed by atoms with Gasteiger partial charge in [-0.2, -0.15) is 0 Å². The van der Waals surface area contributed by atoms with E-state index in [2.05, 4.69) is 37.2 Å². The summed E-state index contributed by atoms with van der Waals surface area (Å²) in [5.74, 6) is -8.72. The first kappa shape index (κ1) is 52.2. The molecule has 6 atom stereocenters. The lowest BCUT2D eigenvalue weighted by Gasteiger charge is -2.29. The molecule has 0 spiro atoms. The molecule has 8 amide bonds. The highest BCUT2D eigenvalue weighted by Gasteiger charge is 2.35. The number of primary amides is 1. The summed E-state index contributed by atoms with van der Waals surface area (Å²) in [5.41, 5.74) is 11.5. The second kappa shape index (κ2) is 23.9. The summed E-state index contributed by atoms with van der Waals surface area (Å²) in [6.07, 6.45) is -2.13. The number of phenolic OH excluding ortho intramolecular Hbond substituents is 1. The number of hydrogen-bond donors (Lipinski definition) is 11. The van der Waals surface area contributed by atoms with Gasteiger partial charge in [0.05, 0.1) is 13.0 Å². The monoisotopic (exact) mass is 883 g/mol.